The third kappa shape index (κ3) is 10.2. The zero-order valence-electron chi connectivity index (χ0n) is 40.0. The lowest BCUT2D eigenvalue weighted by atomic mass is 9.86. The molecule has 73 heavy (non-hydrogen) atoms. The van der Waals surface area contributed by atoms with Gasteiger partial charge in [0, 0.05) is 17.7 Å². The van der Waals surface area contributed by atoms with Crippen LogP contribution in [0.3, 0.4) is 0 Å². The van der Waals surface area contributed by atoms with Gasteiger partial charge in [0.05, 0.1) is 40.9 Å². The first kappa shape index (κ1) is 47.6. The fourth-order valence-corrected chi connectivity index (χ4v) is 10.3. The monoisotopic (exact) mass is 998 g/mol. The minimum Gasteiger partial charge on any atom is -0.493 e. The number of para-hydroxylation sites is 1. The summed E-state index contributed by atoms with van der Waals surface area (Å²) in [5.74, 6) is 3.40. The first-order valence-corrected chi connectivity index (χ1v) is 24.6. The molecule has 1 saturated carbocycles. The van der Waals surface area contributed by atoms with Gasteiger partial charge in [-0.3, -0.25) is 0 Å². The molecule has 9 aromatic rings. The van der Waals surface area contributed by atoms with Crippen LogP contribution in [-0.2, 0) is 25.2 Å². The normalized spacial score (nSPS) is 18.3. The predicted molar refractivity (Wildman–Crippen MR) is 268 cm³/mol. The van der Waals surface area contributed by atoms with E-state index in [-0.39, 0.29) is 29.4 Å². The summed E-state index contributed by atoms with van der Waals surface area (Å²) in [6, 6.07) is 25.5. The van der Waals surface area contributed by atoms with Crippen molar-refractivity contribution >= 4 is 50.6 Å². The lowest BCUT2D eigenvalue weighted by Gasteiger charge is -2.27. The lowest BCUT2D eigenvalue weighted by molar-refractivity contribution is -0.141. The number of ether oxygens (including phenoxy) is 1. The number of anilines is 3. The number of aromatic amines is 3. The molecule has 1 fully saturated rings. The van der Waals surface area contributed by atoms with Crippen LogP contribution in [-0.4, -0.2) is 51.5 Å². The van der Waals surface area contributed by atoms with E-state index in [0.717, 1.165) is 86.3 Å². The maximum atomic E-state index is 13.0. The highest BCUT2D eigenvalue weighted by atomic mass is 19.4. The summed E-state index contributed by atoms with van der Waals surface area (Å²) in [4.78, 5) is 33.1. The number of halogens is 6. The molecule has 7 heterocycles. The van der Waals surface area contributed by atoms with Crippen LogP contribution in [0.25, 0.3) is 33.1 Å². The third-order valence-corrected chi connectivity index (χ3v) is 14.0. The van der Waals surface area contributed by atoms with Crippen molar-refractivity contribution in [3.63, 3.8) is 0 Å². The fraction of sp³-hybridized carbons (Fsp3) is 0.333. The van der Waals surface area contributed by atoms with Crippen LogP contribution in [0.15, 0.2) is 97.8 Å². The largest absolute Gasteiger partial charge is 0.493 e. The highest BCUT2D eigenvalue weighted by Crippen LogP contribution is 2.43. The number of benzene rings is 3. The molecule has 3 atom stereocenters. The number of hydrogen-bond acceptors (Lipinski definition) is 10. The molecule has 3 aromatic carbocycles. The SMILES string of the molecule is Cc1ccc2c(c1)CCCC2Nc1ncnc2[nH]c(C(F)(F)F)cc12.Cc1ccc2c(c1)CCC[C@H]2Nc1ncnc2[nH]c(C(F)(F)F)cc12.c1ccc2c(c1)OCC[C@H]2Nc1ncnc2[nH]c(C3CC3)cc12. The van der Waals surface area contributed by atoms with Crippen LogP contribution in [0.2, 0.25) is 0 Å². The van der Waals surface area contributed by atoms with Crippen molar-refractivity contribution in [3.8, 4) is 5.75 Å². The van der Waals surface area contributed by atoms with E-state index in [4.69, 9.17) is 4.74 Å². The van der Waals surface area contributed by atoms with Gasteiger partial charge in [0.2, 0.25) is 0 Å². The Morgan fingerprint density at radius 2 is 0.973 bits per heavy atom. The van der Waals surface area contributed by atoms with Crippen molar-refractivity contribution in [1.82, 2.24) is 44.9 Å². The fourth-order valence-electron chi connectivity index (χ4n) is 10.3. The zero-order chi connectivity index (χ0) is 50.4. The molecule has 1 aliphatic heterocycles. The summed E-state index contributed by atoms with van der Waals surface area (Å²) in [5, 5.41) is 12.0. The predicted octanol–water partition coefficient (Wildman–Crippen LogP) is 13.3. The number of H-pyrrole nitrogens is 3. The summed E-state index contributed by atoms with van der Waals surface area (Å²) in [6.07, 6.45) is 4.73. The molecule has 19 heteroatoms. The molecular weight excluding hydrogens is 947 g/mol. The number of nitrogens with one attached hydrogen (secondary N) is 6. The molecule has 1 unspecified atom stereocenters. The second-order valence-corrected chi connectivity index (χ2v) is 19.3. The van der Waals surface area contributed by atoms with Gasteiger partial charge in [0.25, 0.3) is 0 Å². The lowest BCUT2D eigenvalue weighted by Crippen LogP contribution is -2.20. The van der Waals surface area contributed by atoms with Gasteiger partial charge in [-0.25, -0.2) is 29.9 Å². The van der Waals surface area contributed by atoms with Crippen molar-refractivity contribution in [3.05, 3.63) is 154 Å². The van der Waals surface area contributed by atoms with Crippen molar-refractivity contribution in [1.29, 1.82) is 0 Å². The van der Waals surface area contributed by atoms with E-state index in [1.165, 1.54) is 70.1 Å². The van der Waals surface area contributed by atoms with E-state index in [1.807, 2.05) is 12.1 Å². The number of alkyl halides is 6. The molecule has 13 nitrogen and oxygen atoms in total. The average Bonchev–Trinajstić information content (AvgIpc) is 3.71. The highest BCUT2D eigenvalue weighted by Gasteiger charge is 2.35. The van der Waals surface area contributed by atoms with Gasteiger partial charge in [0.15, 0.2) is 0 Å². The Hall–Kier alpha value is -7.70. The molecule has 13 rings (SSSR count). The Labute approximate surface area is 415 Å². The molecule has 0 saturated heterocycles. The topological polar surface area (TPSA) is 170 Å². The van der Waals surface area contributed by atoms with Crippen molar-refractivity contribution in [2.24, 2.45) is 0 Å². The van der Waals surface area contributed by atoms with E-state index in [9.17, 15) is 26.3 Å². The Morgan fingerprint density at radius 3 is 1.47 bits per heavy atom. The van der Waals surface area contributed by atoms with Crippen LogP contribution >= 0.6 is 0 Å². The summed E-state index contributed by atoms with van der Waals surface area (Å²) >= 11 is 0. The van der Waals surface area contributed by atoms with Gasteiger partial charge in [-0.15, -0.1) is 0 Å². The number of aromatic nitrogens is 9. The maximum absolute atomic E-state index is 13.0. The molecule has 0 bridgehead atoms. The molecule has 6 N–H and O–H groups in total. The number of hydrogen-bond donors (Lipinski definition) is 6. The molecule has 0 spiro atoms. The van der Waals surface area contributed by atoms with Crippen LogP contribution in [0.5, 0.6) is 5.75 Å². The number of nitrogens with zero attached hydrogens (tertiary/aromatic N) is 6. The summed E-state index contributed by atoms with van der Waals surface area (Å²) in [6.45, 7) is 4.84. The second-order valence-electron chi connectivity index (χ2n) is 19.3. The molecule has 4 aliphatic rings. The quantitative estimate of drug-likeness (QED) is 0.0845. The Kier molecular flexibility index (Phi) is 12.6. The van der Waals surface area contributed by atoms with E-state index in [1.54, 1.807) is 6.33 Å². The van der Waals surface area contributed by atoms with Gasteiger partial charge in [0.1, 0.15) is 70.5 Å². The molecule has 0 amide bonds. The zero-order valence-corrected chi connectivity index (χ0v) is 40.0. The van der Waals surface area contributed by atoms with E-state index in [0.29, 0.717) is 28.3 Å². The average molecular weight is 999 g/mol. The summed E-state index contributed by atoms with van der Waals surface area (Å²) in [5.41, 5.74) is 9.53. The Morgan fingerprint density at radius 1 is 0.507 bits per heavy atom. The van der Waals surface area contributed by atoms with Crippen molar-refractivity contribution < 1.29 is 31.1 Å². The number of aryl methyl sites for hydroxylation is 4. The van der Waals surface area contributed by atoms with Crippen LogP contribution < -0.4 is 20.7 Å². The van der Waals surface area contributed by atoms with E-state index in [2.05, 4.69) is 129 Å². The van der Waals surface area contributed by atoms with Gasteiger partial charge >= 0.3 is 12.4 Å². The minimum absolute atomic E-state index is 0.0340. The van der Waals surface area contributed by atoms with Crippen LogP contribution in [0, 0.1) is 13.8 Å². The smallest absolute Gasteiger partial charge is 0.431 e. The third-order valence-electron chi connectivity index (χ3n) is 14.0. The maximum Gasteiger partial charge on any atom is 0.431 e. The summed E-state index contributed by atoms with van der Waals surface area (Å²) in [7, 11) is 0. The first-order valence-electron chi connectivity index (χ1n) is 24.6. The Bertz CT molecular complexity index is 3300. The summed E-state index contributed by atoms with van der Waals surface area (Å²) < 4.78 is 83.5. The second kappa shape index (κ2) is 19.4. The molecule has 3 aliphatic carbocycles. The van der Waals surface area contributed by atoms with Gasteiger partial charge in [-0.2, -0.15) is 26.3 Å². The molecule has 6 aromatic heterocycles. The van der Waals surface area contributed by atoms with E-state index < -0.39 is 23.7 Å². The first-order chi connectivity index (χ1) is 35.2. The van der Waals surface area contributed by atoms with Gasteiger partial charge < -0.3 is 35.6 Å². The molecule has 0 radical (unpaired) electrons. The number of fused-ring (bicyclic) bond motifs is 6. The molecular formula is C54H52F6N12O. The van der Waals surface area contributed by atoms with Gasteiger partial charge in [-0.1, -0.05) is 65.7 Å². The van der Waals surface area contributed by atoms with Crippen molar-refractivity contribution in [2.45, 2.75) is 108 Å². The van der Waals surface area contributed by atoms with Crippen LogP contribution in [0.1, 0.15) is 125 Å². The number of rotatable bonds is 7. The van der Waals surface area contributed by atoms with E-state index >= 15 is 0 Å². The van der Waals surface area contributed by atoms with Crippen molar-refractivity contribution in [2.75, 3.05) is 22.6 Å². The molecule has 376 valence electrons. The van der Waals surface area contributed by atoms with Crippen LogP contribution in [0.4, 0.5) is 43.8 Å². The Balaban J connectivity index is 0.000000118. The standard InChI is InChI=1S/2C18H17F3N4.C18H18N4O/c2*1-10-5-6-12-11(7-10)3-2-4-14(12)24-16-13-8-15(18(19,20)21)25-17(13)23-9-22-16;1-2-4-16-12(3-1)14(7-8-23-16)21-17-13-9-15(11-5-6-11)22-18(13)20-10-19-17/h2*5-9,14H,2-4H2,1H3,(H2,22,23,24,25);1-4,9-11,14H,5-8H2,(H2,19,20,21,22)/t14-;;14-/m1.1/s1. The van der Waals surface area contributed by atoms with Gasteiger partial charge in [-0.05, 0) is 118 Å². The minimum atomic E-state index is -4.44. The highest BCUT2D eigenvalue weighted by molar-refractivity contribution is 5.89.